The summed E-state index contributed by atoms with van der Waals surface area (Å²) in [6.45, 7) is 7.93. The Morgan fingerprint density at radius 1 is 1.34 bits per heavy atom. The number of nitro groups is 1. The minimum absolute atomic E-state index is 0.0338. The number of amides is 2. The van der Waals surface area contributed by atoms with Gasteiger partial charge in [0.2, 0.25) is 0 Å². The first-order valence-electron chi connectivity index (χ1n) is 9.06. The van der Waals surface area contributed by atoms with Crippen molar-refractivity contribution in [2.24, 2.45) is 0 Å². The van der Waals surface area contributed by atoms with Gasteiger partial charge in [0.25, 0.3) is 11.6 Å². The van der Waals surface area contributed by atoms with Crippen LogP contribution in [0, 0.1) is 17.0 Å². The molecule has 29 heavy (non-hydrogen) atoms. The minimum atomic E-state index is -0.562. The van der Waals surface area contributed by atoms with Crippen molar-refractivity contribution in [2.75, 3.05) is 11.9 Å². The maximum atomic E-state index is 12.5. The molecule has 0 unspecified atom stereocenters. The Balaban J connectivity index is 1.69. The number of anilines is 1. The number of nitrogens with zero attached hydrogens (tertiary/aromatic N) is 3. The van der Waals surface area contributed by atoms with Crippen molar-refractivity contribution in [1.82, 2.24) is 9.88 Å². The number of thiazole rings is 1. The lowest BCUT2D eigenvalue weighted by Crippen LogP contribution is -2.39. The van der Waals surface area contributed by atoms with Crippen LogP contribution in [0.25, 0.3) is 0 Å². The number of aryl methyl sites for hydroxylation is 1. The molecule has 10 heteroatoms. The third-order valence-corrected chi connectivity index (χ3v) is 5.26. The predicted molar refractivity (Wildman–Crippen MR) is 108 cm³/mol. The highest BCUT2D eigenvalue weighted by Crippen LogP contribution is 2.29. The van der Waals surface area contributed by atoms with E-state index in [1.807, 2.05) is 20.8 Å². The summed E-state index contributed by atoms with van der Waals surface area (Å²) in [6, 6.07) is 4.21. The first-order chi connectivity index (χ1) is 13.5. The van der Waals surface area contributed by atoms with Crippen LogP contribution in [0.2, 0.25) is 0 Å². The second-order valence-electron chi connectivity index (χ2n) is 7.75. The van der Waals surface area contributed by atoms with Gasteiger partial charge in [-0.3, -0.25) is 20.2 Å². The molecule has 0 atom stereocenters. The van der Waals surface area contributed by atoms with Crippen LogP contribution in [0.15, 0.2) is 18.2 Å². The van der Waals surface area contributed by atoms with Crippen LogP contribution in [0.3, 0.4) is 0 Å². The average Bonchev–Trinajstić information content (AvgIpc) is 3.01. The first-order valence-corrected chi connectivity index (χ1v) is 9.88. The van der Waals surface area contributed by atoms with Gasteiger partial charge in [0.1, 0.15) is 5.60 Å². The Morgan fingerprint density at radius 3 is 2.69 bits per heavy atom. The molecule has 1 aromatic heterocycles. The number of carbonyl (C=O) groups is 2. The Hall–Kier alpha value is -3.01. The minimum Gasteiger partial charge on any atom is -0.444 e. The summed E-state index contributed by atoms with van der Waals surface area (Å²) in [5.74, 6) is -0.391. The molecule has 1 aliphatic heterocycles. The topological polar surface area (TPSA) is 115 Å². The van der Waals surface area contributed by atoms with Crippen LogP contribution in [0.5, 0.6) is 0 Å². The molecule has 0 radical (unpaired) electrons. The zero-order chi connectivity index (χ0) is 21.3. The van der Waals surface area contributed by atoms with Gasteiger partial charge in [0.15, 0.2) is 5.13 Å². The van der Waals surface area contributed by atoms with E-state index in [0.29, 0.717) is 35.8 Å². The summed E-state index contributed by atoms with van der Waals surface area (Å²) in [5, 5.41) is 14.1. The lowest BCUT2D eigenvalue weighted by molar-refractivity contribution is -0.385. The monoisotopic (exact) mass is 418 g/mol. The van der Waals surface area contributed by atoms with Gasteiger partial charge in [-0.15, -0.1) is 0 Å². The largest absolute Gasteiger partial charge is 0.444 e. The van der Waals surface area contributed by atoms with Gasteiger partial charge in [-0.2, -0.15) is 0 Å². The fraction of sp³-hybridized carbons (Fsp3) is 0.421. The highest BCUT2D eigenvalue weighted by molar-refractivity contribution is 7.15. The van der Waals surface area contributed by atoms with Gasteiger partial charge in [0.05, 0.1) is 17.2 Å². The number of fused-ring (bicyclic) bond motifs is 1. The van der Waals surface area contributed by atoms with Gasteiger partial charge in [-0.1, -0.05) is 11.3 Å². The number of nitro benzene ring substituents is 1. The highest BCUT2D eigenvalue weighted by Gasteiger charge is 2.28. The maximum Gasteiger partial charge on any atom is 0.410 e. The number of aromatic nitrogens is 1. The van der Waals surface area contributed by atoms with Crippen molar-refractivity contribution in [3.63, 3.8) is 0 Å². The molecule has 1 N–H and O–H groups in total. The number of ether oxygens (including phenoxy) is 1. The van der Waals surface area contributed by atoms with Crippen LogP contribution >= 0.6 is 11.3 Å². The molecule has 2 heterocycles. The molecule has 154 valence electrons. The number of benzene rings is 1. The number of carbonyl (C=O) groups excluding carboxylic acids is 2. The Kier molecular flexibility index (Phi) is 5.56. The van der Waals surface area contributed by atoms with Crippen molar-refractivity contribution in [3.05, 3.63) is 50.0 Å². The van der Waals surface area contributed by atoms with E-state index in [2.05, 4.69) is 10.3 Å². The zero-order valence-electron chi connectivity index (χ0n) is 16.6. The average molecular weight is 418 g/mol. The molecule has 0 saturated carbocycles. The second-order valence-corrected chi connectivity index (χ2v) is 8.84. The van der Waals surface area contributed by atoms with E-state index < -0.39 is 16.4 Å². The molecule has 0 fully saturated rings. The quantitative estimate of drug-likeness (QED) is 0.597. The van der Waals surface area contributed by atoms with Crippen LogP contribution in [-0.4, -0.2) is 39.0 Å². The molecular formula is C19H22N4O5S. The smallest absolute Gasteiger partial charge is 0.410 e. The van der Waals surface area contributed by atoms with Crippen LogP contribution < -0.4 is 5.32 Å². The first kappa shape index (κ1) is 20.7. The summed E-state index contributed by atoms with van der Waals surface area (Å²) in [6.07, 6.45) is 0.209. The third-order valence-electron chi connectivity index (χ3n) is 4.26. The van der Waals surface area contributed by atoms with E-state index in [4.69, 9.17) is 4.74 Å². The van der Waals surface area contributed by atoms with Crippen molar-refractivity contribution in [1.29, 1.82) is 0 Å². The van der Waals surface area contributed by atoms with Crippen LogP contribution in [0.1, 0.15) is 47.3 Å². The third kappa shape index (κ3) is 4.89. The maximum absolute atomic E-state index is 12.5. The van der Waals surface area contributed by atoms with Crippen molar-refractivity contribution in [2.45, 2.75) is 46.3 Å². The van der Waals surface area contributed by atoms with E-state index in [9.17, 15) is 19.7 Å². The van der Waals surface area contributed by atoms with Crippen molar-refractivity contribution in [3.8, 4) is 0 Å². The summed E-state index contributed by atoms with van der Waals surface area (Å²) < 4.78 is 5.41. The second kappa shape index (κ2) is 7.78. The fourth-order valence-electron chi connectivity index (χ4n) is 2.90. The Bertz CT molecular complexity index is 979. The molecule has 9 nitrogen and oxygen atoms in total. The zero-order valence-corrected chi connectivity index (χ0v) is 17.5. The van der Waals surface area contributed by atoms with E-state index in [-0.39, 0.29) is 11.8 Å². The summed E-state index contributed by atoms with van der Waals surface area (Å²) >= 11 is 1.31. The van der Waals surface area contributed by atoms with E-state index in [0.717, 1.165) is 10.6 Å². The number of nitrogens with one attached hydrogen (secondary N) is 1. The molecule has 3 rings (SSSR count). The summed E-state index contributed by atoms with van der Waals surface area (Å²) in [7, 11) is 0. The van der Waals surface area contributed by atoms with Gasteiger partial charge in [0, 0.05) is 35.0 Å². The number of hydrogen-bond donors (Lipinski definition) is 1. The molecule has 0 saturated heterocycles. The normalized spacial score (nSPS) is 13.6. The van der Waals surface area contributed by atoms with Gasteiger partial charge in [-0.05, 0) is 39.8 Å². The lowest BCUT2D eigenvalue weighted by atomic mass is 10.1. The molecule has 2 aromatic rings. The molecule has 0 bridgehead atoms. The fourth-order valence-corrected chi connectivity index (χ4v) is 3.92. The standard InChI is InChI=1S/C19H22N4O5S/c1-11-9-12(5-6-14(11)23(26)27)16(24)21-17-20-13-7-8-22(10-15(13)29-17)18(25)28-19(2,3)4/h5-6,9H,7-8,10H2,1-4H3,(H,20,21,24). The summed E-state index contributed by atoms with van der Waals surface area (Å²) in [4.78, 5) is 42.2. The summed E-state index contributed by atoms with van der Waals surface area (Å²) in [5.41, 5.74) is 0.983. The molecule has 1 aromatic carbocycles. The van der Waals surface area contributed by atoms with Crippen LogP contribution in [-0.2, 0) is 17.7 Å². The van der Waals surface area contributed by atoms with Crippen molar-refractivity contribution < 1.29 is 19.2 Å². The number of hydrogen-bond acceptors (Lipinski definition) is 7. The van der Waals surface area contributed by atoms with E-state index >= 15 is 0 Å². The number of rotatable bonds is 3. The molecule has 1 aliphatic rings. The Labute approximate surface area is 171 Å². The van der Waals surface area contributed by atoms with Gasteiger partial charge >= 0.3 is 6.09 Å². The lowest BCUT2D eigenvalue weighted by Gasteiger charge is -2.29. The van der Waals surface area contributed by atoms with E-state index in [1.165, 1.54) is 29.5 Å². The van der Waals surface area contributed by atoms with Crippen molar-refractivity contribution >= 4 is 34.2 Å². The molecule has 2 amide bonds. The van der Waals surface area contributed by atoms with Gasteiger partial charge < -0.3 is 9.64 Å². The van der Waals surface area contributed by atoms with Gasteiger partial charge in [-0.25, -0.2) is 9.78 Å². The SMILES string of the molecule is Cc1cc(C(=O)Nc2nc3c(s2)CN(C(=O)OC(C)(C)C)CC3)ccc1[N+](=O)[O-]. The highest BCUT2D eigenvalue weighted by atomic mass is 32.1. The molecule has 0 aliphatic carbocycles. The molecular weight excluding hydrogens is 396 g/mol. The Morgan fingerprint density at radius 2 is 2.07 bits per heavy atom. The predicted octanol–water partition coefficient (Wildman–Crippen LogP) is 3.91. The van der Waals surface area contributed by atoms with Crippen LogP contribution in [0.4, 0.5) is 15.6 Å². The van der Waals surface area contributed by atoms with E-state index in [1.54, 1.807) is 11.8 Å². The molecule has 0 spiro atoms.